The second-order valence-corrected chi connectivity index (χ2v) is 8.13. The van der Waals surface area contributed by atoms with Gasteiger partial charge in [-0.2, -0.15) is 0 Å². The normalized spacial score (nSPS) is 13.9. The highest BCUT2D eigenvalue weighted by molar-refractivity contribution is 5.94. The lowest BCUT2D eigenvalue weighted by molar-refractivity contribution is 0.0785. The third-order valence-corrected chi connectivity index (χ3v) is 5.84. The summed E-state index contributed by atoms with van der Waals surface area (Å²) in [5, 5.41) is 3.14. The van der Waals surface area contributed by atoms with Gasteiger partial charge in [0.05, 0.1) is 0 Å². The van der Waals surface area contributed by atoms with Crippen molar-refractivity contribution in [3.63, 3.8) is 0 Å². The van der Waals surface area contributed by atoms with Crippen LogP contribution in [0.3, 0.4) is 0 Å². The molecule has 160 valence electrons. The Kier molecular flexibility index (Phi) is 6.16. The molecule has 1 amide bonds. The maximum Gasteiger partial charge on any atom is 0.253 e. The van der Waals surface area contributed by atoms with Crippen molar-refractivity contribution in [3.05, 3.63) is 91.7 Å². The fourth-order valence-corrected chi connectivity index (χ4v) is 4.07. The number of hydrogen-bond donors (Lipinski definition) is 1. The highest BCUT2D eigenvalue weighted by Crippen LogP contribution is 2.24. The van der Waals surface area contributed by atoms with Crippen LogP contribution >= 0.6 is 0 Å². The number of hydrogen-bond acceptors (Lipinski definition) is 5. The highest BCUT2D eigenvalue weighted by Gasteiger charge is 2.26. The van der Waals surface area contributed by atoms with Gasteiger partial charge >= 0.3 is 0 Å². The van der Waals surface area contributed by atoms with Crippen LogP contribution in [0.2, 0.25) is 0 Å². The van der Waals surface area contributed by atoms with E-state index in [1.54, 1.807) is 24.1 Å². The monoisotopic (exact) mass is 417 g/mol. The van der Waals surface area contributed by atoms with E-state index >= 15 is 0 Å². The van der Waals surface area contributed by atoms with Crippen molar-refractivity contribution < 1.29 is 4.79 Å². The predicted octanol–water partition coefficient (Wildman–Crippen LogP) is 3.16. The van der Waals surface area contributed by atoms with E-state index in [1.807, 2.05) is 47.4 Å². The van der Waals surface area contributed by atoms with Gasteiger partial charge in [-0.15, -0.1) is 0 Å². The number of benzene rings is 2. The van der Waals surface area contributed by atoms with E-state index in [1.165, 1.54) is 6.42 Å². The van der Waals surface area contributed by atoms with Gasteiger partial charge in [0.25, 0.3) is 16.8 Å². The van der Waals surface area contributed by atoms with Crippen LogP contribution in [0.4, 0.5) is 11.4 Å². The summed E-state index contributed by atoms with van der Waals surface area (Å²) in [7, 11) is 1.79. The standard InChI is InChI=1S/C25H27N3O3/c1-27(17-19-8-4-2-5-9-19)25(31)20-12-10-18(11-13-20)16-26-21-22(24(30)23(21)29)28-14-6-3-7-15-28/h2,4-5,8-13,26H,3,6-7,14-17H2,1H3. The van der Waals surface area contributed by atoms with Gasteiger partial charge in [-0.1, -0.05) is 42.5 Å². The van der Waals surface area contributed by atoms with E-state index in [-0.39, 0.29) is 11.3 Å². The van der Waals surface area contributed by atoms with E-state index < -0.39 is 5.43 Å². The van der Waals surface area contributed by atoms with E-state index in [2.05, 4.69) is 5.32 Å². The lowest BCUT2D eigenvalue weighted by atomic mass is 10.1. The molecule has 6 heteroatoms. The quantitative estimate of drug-likeness (QED) is 0.598. The van der Waals surface area contributed by atoms with Crippen LogP contribution in [0.25, 0.3) is 0 Å². The van der Waals surface area contributed by atoms with Gasteiger partial charge in [-0.3, -0.25) is 14.4 Å². The number of amides is 1. The van der Waals surface area contributed by atoms with Crippen LogP contribution < -0.4 is 21.1 Å². The molecule has 1 N–H and O–H groups in total. The predicted molar refractivity (Wildman–Crippen MR) is 123 cm³/mol. The number of carbonyl (C=O) groups is 1. The van der Waals surface area contributed by atoms with Gasteiger partial charge in [0.1, 0.15) is 11.4 Å². The molecule has 0 bridgehead atoms. The molecule has 0 atom stereocenters. The molecule has 6 nitrogen and oxygen atoms in total. The topological polar surface area (TPSA) is 69.7 Å². The summed E-state index contributed by atoms with van der Waals surface area (Å²) in [6, 6.07) is 17.2. The van der Waals surface area contributed by atoms with Crippen LogP contribution in [-0.4, -0.2) is 30.9 Å². The molecule has 0 unspecified atom stereocenters. The zero-order valence-electron chi connectivity index (χ0n) is 17.8. The van der Waals surface area contributed by atoms with E-state index in [0.717, 1.165) is 37.1 Å². The van der Waals surface area contributed by atoms with Crippen LogP contribution in [0.1, 0.15) is 40.7 Å². The zero-order chi connectivity index (χ0) is 21.8. The summed E-state index contributed by atoms with van der Waals surface area (Å²) >= 11 is 0. The minimum absolute atomic E-state index is 0.0433. The summed E-state index contributed by atoms with van der Waals surface area (Å²) in [4.78, 5) is 40.5. The van der Waals surface area contributed by atoms with Gasteiger partial charge in [0, 0.05) is 38.8 Å². The summed E-state index contributed by atoms with van der Waals surface area (Å²) in [6.45, 7) is 2.63. The average Bonchev–Trinajstić information content (AvgIpc) is 2.82. The number of nitrogens with one attached hydrogen (secondary N) is 1. The molecule has 3 aromatic carbocycles. The van der Waals surface area contributed by atoms with E-state index in [9.17, 15) is 14.4 Å². The molecule has 0 radical (unpaired) electrons. The van der Waals surface area contributed by atoms with Crippen molar-refractivity contribution in [1.82, 2.24) is 4.90 Å². The van der Waals surface area contributed by atoms with Crippen LogP contribution in [-0.2, 0) is 13.1 Å². The third-order valence-electron chi connectivity index (χ3n) is 5.84. The Bertz CT molecular complexity index is 1110. The Morgan fingerprint density at radius 3 is 2.26 bits per heavy atom. The molecule has 0 saturated carbocycles. The van der Waals surface area contributed by atoms with Crippen molar-refractivity contribution >= 4 is 17.3 Å². The molecule has 0 aliphatic carbocycles. The number of anilines is 2. The second-order valence-electron chi connectivity index (χ2n) is 8.13. The number of carbonyl (C=O) groups excluding carboxylic acids is 1. The molecule has 31 heavy (non-hydrogen) atoms. The third kappa shape index (κ3) is 4.53. The van der Waals surface area contributed by atoms with Crippen molar-refractivity contribution in [3.8, 4) is 0 Å². The molecule has 1 saturated heterocycles. The van der Waals surface area contributed by atoms with E-state index in [0.29, 0.717) is 30.0 Å². The molecular weight excluding hydrogens is 390 g/mol. The first kappa shape index (κ1) is 20.8. The SMILES string of the molecule is CN(Cc1ccccc1)C(=O)c1ccc(CNc2c(N3CCCCC3)c(=O)c2=O)cc1. The Labute approximate surface area is 181 Å². The maximum absolute atomic E-state index is 12.7. The fourth-order valence-electron chi connectivity index (χ4n) is 4.07. The molecule has 0 spiro atoms. The lowest BCUT2D eigenvalue weighted by Gasteiger charge is -2.30. The Balaban J connectivity index is 1.37. The van der Waals surface area contributed by atoms with E-state index in [4.69, 9.17) is 0 Å². The van der Waals surface area contributed by atoms with Crippen molar-refractivity contribution in [2.75, 3.05) is 30.4 Å². The summed E-state index contributed by atoms with van der Waals surface area (Å²) in [5.41, 5.74) is 2.79. The van der Waals surface area contributed by atoms with Gasteiger partial charge in [0.15, 0.2) is 0 Å². The van der Waals surface area contributed by atoms with Gasteiger partial charge in [-0.25, -0.2) is 0 Å². The number of piperidine rings is 1. The van der Waals surface area contributed by atoms with Gasteiger partial charge in [0.2, 0.25) is 0 Å². The molecular formula is C25H27N3O3. The van der Waals surface area contributed by atoms with Crippen LogP contribution in [0.15, 0.2) is 64.2 Å². The first-order valence-corrected chi connectivity index (χ1v) is 10.7. The summed E-state index contributed by atoms with van der Waals surface area (Å²) < 4.78 is 0. The minimum atomic E-state index is -0.435. The van der Waals surface area contributed by atoms with Crippen LogP contribution in [0.5, 0.6) is 0 Å². The number of rotatable bonds is 7. The molecule has 3 aromatic rings. The Hall–Kier alpha value is -3.41. The van der Waals surface area contributed by atoms with Crippen molar-refractivity contribution in [2.45, 2.75) is 32.4 Å². The lowest BCUT2D eigenvalue weighted by Crippen LogP contribution is -2.44. The summed E-state index contributed by atoms with van der Waals surface area (Å²) in [5.74, 6) is -0.0433. The average molecular weight is 418 g/mol. The summed E-state index contributed by atoms with van der Waals surface area (Å²) in [6.07, 6.45) is 3.26. The molecule has 1 aliphatic heterocycles. The zero-order valence-corrected chi connectivity index (χ0v) is 17.8. The minimum Gasteiger partial charge on any atom is -0.376 e. The van der Waals surface area contributed by atoms with Gasteiger partial charge in [-0.05, 0) is 42.5 Å². The largest absolute Gasteiger partial charge is 0.376 e. The first-order chi connectivity index (χ1) is 15.0. The Morgan fingerprint density at radius 2 is 1.58 bits per heavy atom. The molecule has 0 aromatic heterocycles. The highest BCUT2D eigenvalue weighted by atomic mass is 16.2. The molecule has 4 rings (SSSR count). The second kappa shape index (κ2) is 9.16. The van der Waals surface area contributed by atoms with Crippen LogP contribution in [0, 0.1) is 0 Å². The van der Waals surface area contributed by atoms with Gasteiger partial charge < -0.3 is 15.1 Å². The fraction of sp³-hybridized carbons (Fsp3) is 0.320. The molecule has 1 fully saturated rings. The maximum atomic E-state index is 12.7. The van der Waals surface area contributed by atoms with Crippen molar-refractivity contribution in [2.24, 2.45) is 0 Å². The Morgan fingerprint density at radius 1 is 0.903 bits per heavy atom. The van der Waals surface area contributed by atoms with Crippen molar-refractivity contribution in [1.29, 1.82) is 0 Å². The molecule has 1 heterocycles. The first-order valence-electron chi connectivity index (χ1n) is 10.7. The molecule has 1 aliphatic rings. The smallest absolute Gasteiger partial charge is 0.253 e. The number of nitrogens with zero attached hydrogens (tertiary/aromatic N) is 2.